The van der Waals surface area contributed by atoms with Crippen molar-refractivity contribution in [2.24, 2.45) is 0 Å². The fourth-order valence-corrected chi connectivity index (χ4v) is 1.55. The lowest BCUT2D eigenvalue weighted by atomic mass is 10.5. The maximum atomic E-state index is 12.9. The van der Waals surface area contributed by atoms with Gasteiger partial charge < -0.3 is 0 Å². The molecule has 0 aromatic heterocycles. The van der Waals surface area contributed by atoms with Gasteiger partial charge in [0.05, 0.1) is 12.1 Å². The third kappa shape index (κ3) is 2.65. The average Bonchev–Trinajstić information content (AvgIpc) is 2.33. The summed E-state index contributed by atoms with van der Waals surface area (Å²) < 4.78 is 25.8. The second kappa shape index (κ2) is 4.73. The van der Waals surface area contributed by atoms with Crippen LogP contribution in [0.1, 0.15) is 0 Å². The molecular formula is C7H16Cl2F2N2. The molecule has 2 nitrogen and oxygen atoms in total. The number of hydrogen-bond donors (Lipinski definition) is 0. The number of hydrogen-bond acceptors (Lipinski definition) is 2. The van der Waals surface area contributed by atoms with Gasteiger partial charge in [-0.25, -0.2) is 8.78 Å². The Morgan fingerprint density at radius 3 is 1.15 bits per heavy atom. The summed E-state index contributed by atoms with van der Waals surface area (Å²) in [5, 5.41) is 0. The van der Waals surface area contributed by atoms with Crippen LogP contribution in [-0.2, 0) is 0 Å². The van der Waals surface area contributed by atoms with E-state index in [0.717, 1.165) is 0 Å². The third-order valence-electron chi connectivity index (χ3n) is 2.09. The van der Waals surface area contributed by atoms with Crippen LogP contribution in [0.3, 0.4) is 0 Å². The number of alkyl halides is 2. The average molecular weight is 237 g/mol. The van der Waals surface area contributed by atoms with Gasteiger partial charge in [0.1, 0.15) is 0 Å². The molecule has 13 heavy (non-hydrogen) atoms. The van der Waals surface area contributed by atoms with Crippen molar-refractivity contribution in [3.05, 3.63) is 0 Å². The molecular weight excluding hydrogens is 221 g/mol. The van der Waals surface area contributed by atoms with E-state index in [1.165, 1.54) is 0 Å². The Labute approximate surface area is 90.1 Å². The molecule has 0 heterocycles. The van der Waals surface area contributed by atoms with Gasteiger partial charge in [-0.15, -0.1) is 24.8 Å². The Hall–Kier alpha value is 0.360. The lowest BCUT2D eigenvalue weighted by Crippen LogP contribution is -2.25. The molecule has 1 saturated carbocycles. The van der Waals surface area contributed by atoms with Gasteiger partial charge in [-0.1, -0.05) is 0 Å². The van der Waals surface area contributed by atoms with Gasteiger partial charge in [-0.05, 0) is 28.2 Å². The Balaban J connectivity index is 0. The van der Waals surface area contributed by atoms with Gasteiger partial charge in [0.2, 0.25) is 0 Å². The first-order valence-electron chi connectivity index (χ1n) is 3.59. The second-order valence-corrected chi connectivity index (χ2v) is 3.49. The third-order valence-corrected chi connectivity index (χ3v) is 2.09. The first-order chi connectivity index (χ1) is 4.89. The molecule has 1 aliphatic rings. The van der Waals surface area contributed by atoms with E-state index >= 15 is 0 Å². The monoisotopic (exact) mass is 236 g/mol. The summed E-state index contributed by atoms with van der Waals surface area (Å²) >= 11 is 0. The number of halogens is 4. The van der Waals surface area contributed by atoms with Crippen LogP contribution in [0.4, 0.5) is 8.78 Å². The van der Waals surface area contributed by atoms with Crippen molar-refractivity contribution >= 4 is 24.8 Å². The summed E-state index contributed by atoms with van der Waals surface area (Å²) in [5.74, 6) is -2.52. The van der Waals surface area contributed by atoms with Crippen LogP contribution in [0.5, 0.6) is 0 Å². The molecule has 0 aromatic rings. The highest BCUT2D eigenvalue weighted by Crippen LogP contribution is 2.47. The molecule has 0 bridgehead atoms. The van der Waals surface area contributed by atoms with Crippen molar-refractivity contribution in [2.75, 3.05) is 28.2 Å². The number of nitrogens with zero attached hydrogens (tertiary/aromatic N) is 2. The van der Waals surface area contributed by atoms with Gasteiger partial charge in [0.25, 0.3) is 5.92 Å². The molecule has 0 spiro atoms. The Morgan fingerprint density at radius 2 is 1.08 bits per heavy atom. The number of likely N-dealkylation sites (N-methyl/N-ethyl adjacent to an activating group) is 2. The molecule has 6 heteroatoms. The van der Waals surface area contributed by atoms with E-state index in [0.29, 0.717) is 0 Å². The molecule has 82 valence electrons. The summed E-state index contributed by atoms with van der Waals surface area (Å²) in [6.45, 7) is 0. The minimum absolute atomic E-state index is 0. The smallest absolute Gasteiger partial charge is 0.281 e. The van der Waals surface area contributed by atoms with Crippen LogP contribution in [0, 0.1) is 0 Å². The minimum Gasteiger partial charge on any atom is -0.299 e. The maximum absolute atomic E-state index is 12.9. The van der Waals surface area contributed by atoms with E-state index in [-0.39, 0.29) is 24.8 Å². The van der Waals surface area contributed by atoms with Crippen LogP contribution in [0.2, 0.25) is 0 Å². The fraction of sp³-hybridized carbons (Fsp3) is 1.00. The Kier molecular flexibility index (Phi) is 5.76. The van der Waals surface area contributed by atoms with Crippen LogP contribution in [0.15, 0.2) is 0 Å². The molecule has 0 amide bonds. The molecule has 1 fully saturated rings. The molecule has 1 aliphatic carbocycles. The van der Waals surface area contributed by atoms with Crippen LogP contribution in [0.25, 0.3) is 0 Å². The molecule has 0 saturated heterocycles. The predicted octanol–water partition coefficient (Wildman–Crippen LogP) is 1.34. The van der Waals surface area contributed by atoms with Crippen molar-refractivity contribution in [3.63, 3.8) is 0 Å². The van der Waals surface area contributed by atoms with E-state index in [4.69, 9.17) is 0 Å². The van der Waals surface area contributed by atoms with E-state index in [2.05, 4.69) is 0 Å². The summed E-state index contributed by atoms with van der Waals surface area (Å²) in [5.41, 5.74) is 0. The quantitative estimate of drug-likeness (QED) is 0.715. The highest BCUT2D eigenvalue weighted by atomic mass is 35.5. The van der Waals surface area contributed by atoms with Gasteiger partial charge >= 0.3 is 0 Å². The van der Waals surface area contributed by atoms with Crippen LogP contribution >= 0.6 is 24.8 Å². The van der Waals surface area contributed by atoms with E-state index in [1.54, 1.807) is 38.0 Å². The SMILES string of the molecule is CN(C)[C@H]1[C@@H](N(C)C)C1(F)F.Cl.Cl. The zero-order valence-electron chi connectivity index (χ0n) is 8.12. The normalized spacial score (nSPS) is 29.5. The molecule has 0 unspecified atom stereocenters. The van der Waals surface area contributed by atoms with E-state index in [9.17, 15) is 8.78 Å². The van der Waals surface area contributed by atoms with Gasteiger partial charge in [-0.3, -0.25) is 9.80 Å². The maximum Gasteiger partial charge on any atom is 0.281 e. The molecule has 0 aliphatic heterocycles. The van der Waals surface area contributed by atoms with Gasteiger partial charge in [0.15, 0.2) is 0 Å². The fourth-order valence-electron chi connectivity index (χ4n) is 1.55. The molecule has 2 atom stereocenters. The van der Waals surface area contributed by atoms with Gasteiger partial charge in [0, 0.05) is 0 Å². The van der Waals surface area contributed by atoms with E-state index < -0.39 is 18.0 Å². The lowest BCUT2D eigenvalue weighted by molar-refractivity contribution is 0.0682. The Morgan fingerprint density at radius 1 is 0.846 bits per heavy atom. The summed E-state index contributed by atoms with van der Waals surface area (Å²) in [7, 11) is 6.73. The molecule has 0 radical (unpaired) electrons. The minimum atomic E-state index is -2.52. The van der Waals surface area contributed by atoms with Crippen molar-refractivity contribution in [1.82, 2.24) is 9.80 Å². The predicted molar refractivity (Wildman–Crippen MR) is 54.4 cm³/mol. The van der Waals surface area contributed by atoms with Crippen molar-refractivity contribution < 1.29 is 8.78 Å². The molecule has 1 rings (SSSR count). The standard InChI is InChI=1S/C7H14F2N2.2ClH/c1-10(2)5-6(11(3)4)7(5,8)9;;/h5-6H,1-4H3;2*1H/t5-,6+;;. The second-order valence-electron chi connectivity index (χ2n) is 3.49. The zero-order valence-corrected chi connectivity index (χ0v) is 9.75. The highest BCUT2D eigenvalue weighted by Gasteiger charge is 2.70. The van der Waals surface area contributed by atoms with E-state index in [1.807, 2.05) is 0 Å². The van der Waals surface area contributed by atoms with Crippen LogP contribution < -0.4 is 0 Å². The van der Waals surface area contributed by atoms with Crippen LogP contribution in [-0.4, -0.2) is 56.0 Å². The molecule has 0 N–H and O–H groups in total. The van der Waals surface area contributed by atoms with Crippen molar-refractivity contribution in [2.45, 2.75) is 18.0 Å². The zero-order chi connectivity index (χ0) is 8.81. The first kappa shape index (κ1) is 15.8. The topological polar surface area (TPSA) is 6.48 Å². The van der Waals surface area contributed by atoms with Gasteiger partial charge in [-0.2, -0.15) is 0 Å². The summed E-state index contributed by atoms with van der Waals surface area (Å²) in [6.07, 6.45) is 0. The van der Waals surface area contributed by atoms with Crippen molar-refractivity contribution in [1.29, 1.82) is 0 Å². The number of rotatable bonds is 2. The van der Waals surface area contributed by atoms with Crippen molar-refractivity contribution in [3.8, 4) is 0 Å². The summed E-state index contributed by atoms with van der Waals surface area (Å²) in [6, 6.07) is -1.20. The first-order valence-corrected chi connectivity index (χ1v) is 3.59. The highest BCUT2D eigenvalue weighted by molar-refractivity contribution is 5.85. The molecule has 0 aromatic carbocycles. The Bertz CT molecular complexity index is 149. The summed E-state index contributed by atoms with van der Waals surface area (Å²) in [4.78, 5) is 3.15. The lowest BCUT2D eigenvalue weighted by Gasteiger charge is -2.10. The largest absolute Gasteiger partial charge is 0.299 e.